The number of carbonyl (C=O) groups is 2. The van der Waals surface area contributed by atoms with Crippen molar-refractivity contribution in [2.24, 2.45) is 0 Å². The quantitative estimate of drug-likeness (QED) is 0.338. The maximum atomic E-state index is 11.0. The zero-order valence-corrected chi connectivity index (χ0v) is 12.6. The molecule has 0 aliphatic heterocycles. The van der Waals surface area contributed by atoms with Gasteiger partial charge in [-0.3, -0.25) is 9.59 Å². The van der Waals surface area contributed by atoms with Crippen LogP contribution in [-0.4, -0.2) is 39.4 Å². The average Bonchev–Trinajstić information content (AvgIpc) is 2.95. The number of methoxy groups -OCH3 is 1. The number of hydrogen-bond donors (Lipinski definition) is 0. The predicted molar refractivity (Wildman–Crippen MR) is 77.1 cm³/mol. The third-order valence-corrected chi connectivity index (χ3v) is 3.06. The Kier molecular flexibility index (Phi) is 4.94. The number of carbonyl (C=O) groups excluding carboxylic acids is 2. The molecule has 0 unspecified atom stereocenters. The molecule has 8 heteroatoms. The van der Waals surface area contributed by atoms with Crippen molar-refractivity contribution < 1.29 is 14.3 Å². The molecule has 21 heavy (non-hydrogen) atoms. The van der Waals surface area contributed by atoms with Crippen LogP contribution in [0.3, 0.4) is 0 Å². The van der Waals surface area contributed by atoms with Crippen LogP contribution < -0.4 is 0 Å². The van der Waals surface area contributed by atoms with Crippen LogP contribution in [0.4, 0.5) is 0 Å². The molecule has 0 bridgehead atoms. The van der Waals surface area contributed by atoms with E-state index >= 15 is 0 Å². The molecule has 0 spiro atoms. The molecule has 0 saturated heterocycles. The summed E-state index contributed by atoms with van der Waals surface area (Å²) >= 11 is 3.35. The Hall–Kier alpha value is -2.35. The van der Waals surface area contributed by atoms with Crippen LogP contribution in [0.1, 0.15) is 0 Å². The lowest BCUT2D eigenvalue weighted by atomic mass is 10.2. The second-order valence-electron chi connectivity index (χ2n) is 3.99. The Morgan fingerprint density at radius 2 is 2.10 bits per heavy atom. The van der Waals surface area contributed by atoms with Gasteiger partial charge in [-0.15, -0.1) is 10.2 Å². The van der Waals surface area contributed by atoms with Crippen LogP contribution in [0.2, 0.25) is 0 Å². The molecular weight excluding hydrogens is 340 g/mol. The Bertz CT molecular complexity index is 679. The van der Waals surface area contributed by atoms with Gasteiger partial charge in [0.1, 0.15) is 12.3 Å². The van der Waals surface area contributed by atoms with Crippen LogP contribution >= 0.6 is 15.9 Å². The molecule has 1 heterocycles. The van der Waals surface area contributed by atoms with Gasteiger partial charge in [-0.1, -0.05) is 15.9 Å². The van der Waals surface area contributed by atoms with Gasteiger partial charge in [0.2, 0.25) is 11.6 Å². The van der Waals surface area contributed by atoms with E-state index in [0.717, 1.165) is 16.1 Å². The topological polar surface area (TPSA) is 87.0 Å². The SMILES string of the molecule is CO/C(=C/C(=O)C=O)Cn1nnc(-c2ccc(Br)cc2)n1. The first-order valence-corrected chi connectivity index (χ1v) is 6.69. The minimum Gasteiger partial charge on any atom is -0.499 e. The summed E-state index contributed by atoms with van der Waals surface area (Å²) in [6.45, 7) is 0.111. The van der Waals surface area contributed by atoms with E-state index in [-0.39, 0.29) is 18.6 Å². The fourth-order valence-electron chi connectivity index (χ4n) is 1.53. The Morgan fingerprint density at radius 1 is 1.38 bits per heavy atom. The highest BCUT2D eigenvalue weighted by Crippen LogP contribution is 2.17. The van der Waals surface area contributed by atoms with Gasteiger partial charge in [-0.05, 0) is 29.5 Å². The van der Waals surface area contributed by atoms with Gasteiger partial charge in [-0.25, -0.2) is 0 Å². The Morgan fingerprint density at radius 3 is 2.71 bits per heavy atom. The zero-order valence-electron chi connectivity index (χ0n) is 11.1. The molecule has 1 aromatic carbocycles. The van der Waals surface area contributed by atoms with Crippen LogP contribution in [0.5, 0.6) is 0 Å². The Balaban J connectivity index is 2.16. The van der Waals surface area contributed by atoms with Gasteiger partial charge >= 0.3 is 0 Å². The van der Waals surface area contributed by atoms with Crippen molar-refractivity contribution >= 4 is 28.0 Å². The second-order valence-corrected chi connectivity index (χ2v) is 4.90. The molecule has 0 radical (unpaired) electrons. The number of ether oxygens (including phenoxy) is 1. The zero-order chi connectivity index (χ0) is 15.2. The van der Waals surface area contributed by atoms with Gasteiger partial charge in [0.05, 0.1) is 7.11 Å². The average molecular weight is 351 g/mol. The highest BCUT2D eigenvalue weighted by Gasteiger charge is 2.08. The molecule has 108 valence electrons. The molecule has 0 fully saturated rings. The maximum Gasteiger partial charge on any atom is 0.221 e. The van der Waals surface area contributed by atoms with E-state index in [2.05, 4.69) is 31.3 Å². The van der Waals surface area contributed by atoms with Crippen molar-refractivity contribution in [3.63, 3.8) is 0 Å². The summed E-state index contributed by atoms with van der Waals surface area (Å²) in [7, 11) is 1.40. The monoisotopic (exact) mass is 350 g/mol. The summed E-state index contributed by atoms with van der Waals surface area (Å²) in [6, 6.07) is 7.46. The van der Waals surface area contributed by atoms with E-state index in [1.54, 1.807) is 0 Å². The van der Waals surface area contributed by atoms with Crippen LogP contribution in [0.25, 0.3) is 11.4 Å². The fraction of sp³-hybridized carbons (Fsp3) is 0.154. The van der Waals surface area contributed by atoms with E-state index in [0.29, 0.717) is 5.82 Å². The molecule has 7 nitrogen and oxygen atoms in total. The number of allylic oxidation sites excluding steroid dienone is 2. The van der Waals surface area contributed by atoms with Crippen molar-refractivity contribution in [3.05, 3.63) is 40.6 Å². The second kappa shape index (κ2) is 6.89. The number of benzene rings is 1. The minimum atomic E-state index is -0.680. The van der Waals surface area contributed by atoms with Gasteiger partial charge in [0.25, 0.3) is 0 Å². The van der Waals surface area contributed by atoms with E-state index in [1.807, 2.05) is 24.3 Å². The number of hydrogen-bond acceptors (Lipinski definition) is 6. The van der Waals surface area contributed by atoms with Gasteiger partial charge in [-0.2, -0.15) is 4.80 Å². The first-order chi connectivity index (χ1) is 10.1. The van der Waals surface area contributed by atoms with E-state index < -0.39 is 5.78 Å². The van der Waals surface area contributed by atoms with Crippen molar-refractivity contribution in [1.82, 2.24) is 20.2 Å². The molecule has 0 aliphatic rings. The normalized spacial score (nSPS) is 11.2. The van der Waals surface area contributed by atoms with Crippen molar-refractivity contribution in [2.45, 2.75) is 6.54 Å². The van der Waals surface area contributed by atoms with Crippen molar-refractivity contribution in [2.75, 3.05) is 7.11 Å². The predicted octanol–water partition coefficient (Wildman–Crippen LogP) is 1.40. The van der Waals surface area contributed by atoms with Crippen molar-refractivity contribution in [1.29, 1.82) is 0 Å². The summed E-state index contributed by atoms with van der Waals surface area (Å²) in [5.41, 5.74) is 0.816. The fourth-order valence-corrected chi connectivity index (χ4v) is 1.79. The summed E-state index contributed by atoms with van der Waals surface area (Å²) in [6.07, 6.45) is 1.30. The lowest BCUT2D eigenvalue weighted by molar-refractivity contribution is -0.126. The lowest BCUT2D eigenvalue weighted by Crippen LogP contribution is -2.08. The summed E-state index contributed by atoms with van der Waals surface area (Å²) in [5, 5.41) is 12.0. The third-order valence-electron chi connectivity index (χ3n) is 2.53. The van der Waals surface area contributed by atoms with Crippen LogP contribution in [0, 0.1) is 0 Å². The molecule has 0 aliphatic carbocycles. The van der Waals surface area contributed by atoms with Crippen LogP contribution in [-0.2, 0) is 20.9 Å². The van der Waals surface area contributed by atoms with Crippen LogP contribution in [0.15, 0.2) is 40.6 Å². The van der Waals surface area contributed by atoms with E-state index in [4.69, 9.17) is 4.74 Å². The maximum absolute atomic E-state index is 11.0. The largest absolute Gasteiger partial charge is 0.499 e. The molecule has 2 aromatic rings. The molecular formula is C13H11BrN4O3. The third kappa shape index (κ3) is 4.06. The number of tetrazole rings is 1. The van der Waals surface area contributed by atoms with Gasteiger partial charge in [0.15, 0.2) is 6.29 Å². The highest BCUT2D eigenvalue weighted by molar-refractivity contribution is 9.10. The summed E-state index contributed by atoms with van der Waals surface area (Å²) in [5.74, 6) is 0.0478. The molecule has 0 amide bonds. The molecule has 2 rings (SSSR count). The van der Waals surface area contributed by atoms with Gasteiger partial charge in [0, 0.05) is 16.1 Å². The number of aldehydes is 1. The number of nitrogens with zero attached hydrogens (tertiary/aromatic N) is 4. The van der Waals surface area contributed by atoms with E-state index in [1.165, 1.54) is 11.9 Å². The summed E-state index contributed by atoms with van der Waals surface area (Å²) < 4.78 is 5.96. The van der Waals surface area contributed by atoms with Crippen molar-refractivity contribution in [3.8, 4) is 11.4 Å². The highest BCUT2D eigenvalue weighted by atomic mass is 79.9. The minimum absolute atomic E-state index is 0.111. The van der Waals surface area contributed by atoms with E-state index in [9.17, 15) is 9.59 Å². The summed E-state index contributed by atoms with van der Waals surface area (Å²) in [4.78, 5) is 22.6. The first-order valence-electron chi connectivity index (χ1n) is 5.90. The van der Waals surface area contributed by atoms with Gasteiger partial charge < -0.3 is 4.74 Å². The Labute approximate surface area is 128 Å². The number of halogens is 1. The number of rotatable bonds is 6. The molecule has 0 atom stereocenters. The smallest absolute Gasteiger partial charge is 0.221 e. The molecule has 0 saturated carbocycles. The standard InChI is InChI=1S/C13H11BrN4O3/c1-21-12(6-11(20)8-19)7-18-16-13(15-17-18)9-2-4-10(14)5-3-9/h2-6,8H,7H2,1H3/b12-6+. The molecule has 0 N–H and O–H groups in total. The number of aromatic nitrogens is 4. The first kappa shape index (κ1) is 15.0. The number of ketones is 1. The molecule has 1 aromatic heterocycles. The lowest BCUT2D eigenvalue weighted by Gasteiger charge is -2.03.